The van der Waals surface area contributed by atoms with E-state index in [0.717, 1.165) is 49.4 Å². The maximum absolute atomic E-state index is 12.6. The largest absolute Gasteiger partial charge is 0.347 e. The SMILES string of the molecule is O=C(C1CC1)N1CCC(Cc2n[nH]c(=O)n2-c2ccc(-c3cccc4ccccc34)cc2)C1. The molecule has 6 rings (SSSR count). The summed E-state index contributed by atoms with van der Waals surface area (Å²) < 4.78 is 1.66. The van der Waals surface area contributed by atoms with E-state index in [-0.39, 0.29) is 11.6 Å². The number of hydrogen-bond acceptors (Lipinski definition) is 3. The minimum Gasteiger partial charge on any atom is -0.342 e. The molecule has 6 nitrogen and oxygen atoms in total. The maximum Gasteiger partial charge on any atom is 0.347 e. The number of aromatic nitrogens is 3. The summed E-state index contributed by atoms with van der Waals surface area (Å²) in [5.74, 6) is 1.62. The summed E-state index contributed by atoms with van der Waals surface area (Å²) in [5.41, 5.74) is 2.85. The normalized spacial score (nSPS) is 18.2. The second-order valence-corrected chi connectivity index (χ2v) is 9.27. The van der Waals surface area contributed by atoms with Crippen molar-refractivity contribution >= 4 is 16.7 Å². The lowest BCUT2D eigenvalue weighted by Gasteiger charge is -2.16. The van der Waals surface area contributed by atoms with Gasteiger partial charge in [0.15, 0.2) is 0 Å². The fourth-order valence-corrected chi connectivity index (χ4v) is 5.05. The number of benzene rings is 3. The van der Waals surface area contributed by atoms with Crippen molar-refractivity contribution in [3.05, 3.63) is 83.0 Å². The lowest BCUT2D eigenvalue weighted by atomic mass is 9.98. The molecule has 1 aliphatic heterocycles. The maximum atomic E-state index is 12.6. The molecule has 1 saturated heterocycles. The Bertz CT molecular complexity index is 1380. The number of fused-ring (bicyclic) bond motifs is 1. The molecule has 166 valence electrons. The number of nitrogens with zero attached hydrogens (tertiary/aromatic N) is 3. The van der Waals surface area contributed by atoms with Gasteiger partial charge in [0, 0.05) is 25.4 Å². The van der Waals surface area contributed by atoms with Crippen LogP contribution < -0.4 is 5.69 Å². The second-order valence-electron chi connectivity index (χ2n) is 9.27. The summed E-state index contributed by atoms with van der Waals surface area (Å²) in [6.07, 6.45) is 3.71. The molecular weight excluding hydrogens is 412 g/mol. The topological polar surface area (TPSA) is 71.0 Å². The van der Waals surface area contributed by atoms with Gasteiger partial charge < -0.3 is 4.90 Å². The van der Waals surface area contributed by atoms with Gasteiger partial charge in [-0.3, -0.25) is 4.79 Å². The lowest BCUT2D eigenvalue weighted by Crippen LogP contribution is -2.30. The van der Waals surface area contributed by atoms with Crippen LogP contribution in [-0.4, -0.2) is 38.7 Å². The van der Waals surface area contributed by atoms with Crippen molar-refractivity contribution in [1.29, 1.82) is 0 Å². The van der Waals surface area contributed by atoms with Crippen LogP contribution in [0.5, 0.6) is 0 Å². The quantitative estimate of drug-likeness (QED) is 0.508. The first-order valence-electron chi connectivity index (χ1n) is 11.7. The average molecular weight is 439 g/mol. The first-order chi connectivity index (χ1) is 16.2. The minimum absolute atomic E-state index is 0.230. The molecule has 1 unspecified atom stereocenters. The summed E-state index contributed by atoms with van der Waals surface area (Å²) in [7, 11) is 0. The van der Waals surface area contributed by atoms with Crippen molar-refractivity contribution in [2.75, 3.05) is 13.1 Å². The van der Waals surface area contributed by atoms with Crippen LogP contribution in [0.1, 0.15) is 25.1 Å². The van der Waals surface area contributed by atoms with Gasteiger partial charge in [-0.15, -0.1) is 0 Å². The van der Waals surface area contributed by atoms with Gasteiger partial charge in [-0.1, -0.05) is 54.6 Å². The molecule has 2 aliphatic rings. The van der Waals surface area contributed by atoms with E-state index < -0.39 is 0 Å². The monoisotopic (exact) mass is 438 g/mol. The highest BCUT2D eigenvalue weighted by Crippen LogP contribution is 2.33. The Hall–Kier alpha value is -3.67. The van der Waals surface area contributed by atoms with Crippen LogP contribution >= 0.6 is 0 Å². The highest BCUT2D eigenvalue weighted by molar-refractivity contribution is 5.96. The average Bonchev–Trinajstić information content (AvgIpc) is 3.50. The molecule has 4 aromatic rings. The summed E-state index contributed by atoms with van der Waals surface area (Å²) >= 11 is 0. The molecule has 0 spiro atoms. The minimum atomic E-state index is -0.230. The predicted octanol–water partition coefficient (Wildman–Crippen LogP) is 4.18. The van der Waals surface area contributed by atoms with Gasteiger partial charge in [0.2, 0.25) is 5.91 Å². The van der Waals surface area contributed by atoms with Crippen molar-refractivity contribution in [2.24, 2.45) is 11.8 Å². The number of carbonyl (C=O) groups excluding carboxylic acids is 1. The number of rotatable bonds is 5. The van der Waals surface area contributed by atoms with E-state index in [4.69, 9.17) is 0 Å². The van der Waals surface area contributed by atoms with Crippen molar-refractivity contribution in [1.82, 2.24) is 19.7 Å². The zero-order chi connectivity index (χ0) is 22.4. The number of hydrogen-bond donors (Lipinski definition) is 1. The van der Waals surface area contributed by atoms with Gasteiger partial charge in [0.25, 0.3) is 0 Å². The first kappa shape index (κ1) is 20.0. The smallest absolute Gasteiger partial charge is 0.342 e. The van der Waals surface area contributed by atoms with E-state index in [0.29, 0.717) is 18.2 Å². The fraction of sp³-hybridized carbons (Fsp3) is 0.296. The van der Waals surface area contributed by atoms with Gasteiger partial charge >= 0.3 is 5.69 Å². The van der Waals surface area contributed by atoms with Crippen molar-refractivity contribution in [2.45, 2.75) is 25.7 Å². The lowest BCUT2D eigenvalue weighted by molar-refractivity contribution is -0.131. The van der Waals surface area contributed by atoms with Crippen molar-refractivity contribution in [3.8, 4) is 16.8 Å². The molecule has 0 radical (unpaired) electrons. The number of carbonyl (C=O) groups is 1. The molecule has 1 aromatic heterocycles. The molecule has 0 bridgehead atoms. The fourth-order valence-electron chi connectivity index (χ4n) is 5.05. The molecule has 6 heteroatoms. The van der Waals surface area contributed by atoms with Gasteiger partial charge in [-0.05, 0) is 59.2 Å². The summed E-state index contributed by atoms with van der Waals surface area (Å²) in [6, 6.07) is 22.8. The Morgan fingerprint density at radius 2 is 1.76 bits per heavy atom. The Morgan fingerprint density at radius 3 is 2.58 bits per heavy atom. The highest BCUT2D eigenvalue weighted by atomic mass is 16.2. The number of amides is 1. The van der Waals surface area contributed by atoms with E-state index in [9.17, 15) is 9.59 Å². The predicted molar refractivity (Wildman–Crippen MR) is 128 cm³/mol. The second kappa shape index (κ2) is 8.03. The van der Waals surface area contributed by atoms with E-state index in [2.05, 4.69) is 58.7 Å². The molecule has 2 fully saturated rings. The Morgan fingerprint density at radius 1 is 0.970 bits per heavy atom. The van der Waals surface area contributed by atoms with Gasteiger partial charge in [-0.25, -0.2) is 14.5 Å². The third kappa shape index (κ3) is 3.75. The summed E-state index contributed by atoms with van der Waals surface area (Å²) in [5, 5.41) is 9.35. The molecule has 1 saturated carbocycles. The van der Waals surface area contributed by atoms with Crippen LogP contribution in [0.2, 0.25) is 0 Å². The van der Waals surface area contributed by atoms with Crippen LogP contribution in [0, 0.1) is 11.8 Å². The van der Waals surface area contributed by atoms with Gasteiger partial charge in [0.1, 0.15) is 5.82 Å². The molecule has 2 heterocycles. The number of nitrogens with one attached hydrogen (secondary N) is 1. The van der Waals surface area contributed by atoms with E-state index in [1.807, 2.05) is 23.1 Å². The molecule has 1 aliphatic carbocycles. The van der Waals surface area contributed by atoms with E-state index in [1.54, 1.807) is 4.57 Å². The Labute approximate surface area is 191 Å². The van der Waals surface area contributed by atoms with Gasteiger partial charge in [0.05, 0.1) is 5.69 Å². The molecule has 3 aromatic carbocycles. The summed E-state index contributed by atoms with van der Waals surface area (Å²) in [4.78, 5) is 27.0. The molecule has 1 N–H and O–H groups in total. The molecule has 1 atom stereocenters. The van der Waals surface area contributed by atoms with E-state index >= 15 is 0 Å². The standard InChI is InChI=1S/C27H26N4O2/c32-26(21-8-9-21)30-15-14-18(17-30)16-25-28-29-27(33)31(25)22-12-10-20(11-13-22)24-7-3-5-19-4-1-2-6-23(19)24/h1-7,10-13,18,21H,8-9,14-17H2,(H,29,33). The van der Waals surface area contributed by atoms with Crippen LogP contribution in [-0.2, 0) is 11.2 Å². The number of aromatic amines is 1. The van der Waals surface area contributed by atoms with Gasteiger partial charge in [-0.2, -0.15) is 5.10 Å². The van der Waals surface area contributed by atoms with E-state index in [1.165, 1.54) is 16.3 Å². The number of H-pyrrole nitrogens is 1. The van der Waals surface area contributed by atoms with Crippen LogP contribution in [0.15, 0.2) is 71.5 Å². The van der Waals surface area contributed by atoms with Crippen LogP contribution in [0.3, 0.4) is 0 Å². The van der Waals surface area contributed by atoms with Crippen LogP contribution in [0.4, 0.5) is 0 Å². The highest BCUT2D eigenvalue weighted by Gasteiger charge is 2.36. The Balaban J connectivity index is 1.25. The molecule has 33 heavy (non-hydrogen) atoms. The third-order valence-corrected chi connectivity index (χ3v) is 6.96. The molecule has 1 amide bonds. The zero-order valence-corrected chi connectivity index (χ0v) is 18.4. The zero-order valence-electron chi connectivity index (χ0n) is 18.4. The molecular formula is C27H26N4O2. The third-order valence-electron chi connectivity index (χ3n) is 6.96. The van der Waals surface area contributed by atoms with Crippen LogP contribution in [0.25, 0.3) is 27.6 Å². The van der Waals surface area contributed by atoms with Crippen molar-refractivity contribution in [3.63, 3.8) is 0 Å². The Kier molecular flexibility index (Phi) is 4.86. The summed E-state index contributed by atoms with van der Waals surface area (Å²) in [6.45, 7) is 1.57. The van der Waals surface area contributed by atoms with Crippen molar-refractivity contribution < 1.29 is 4.79 Å². The first-order valence-corrected chi connectivity index (χ1v) is 11.7. The number of likely N-dealkylation sites (tertiary alicyclic amines) is 1.